The van der Waals surface area contributed by atoms with E-state index in [-0.39, 0.29) is 37.5 Å². The molecule has 0 aliphatic carbocycles. The lowest BCUT2D eigenvalue weighted by Gasteiger charge is -2.18. The third kappa shape index (κ3) is 47.5. The van der Waals surface area contributed by atoms with Crippen LogP contribution in [0.5, 0.6) is 0 Å². The summed E-state index contributed by atoms with van der Waals surface area (Å²) in [5.74, 6) is -1.01. The van der Waals surface area contributed by atoms with Gasteiger partial charge >= 0.3 is 17.9 Å². The Morgan fingerprint density at radius 1 is 0.344 bits per heavy atom. The van der Waals surface area contributed by atoms with Gasteiger partial charge in [0, 0.05) is 19.3 Å². The third-order valence-corrected chi connectivity index (χ3v) is 10.4. The second kappa shape index (κ2) is 49.2. The molecule has 0 aliphatic rings. The van der Waals surface area contributed by atoms with E-state index < -0.39 is 6.10 Å². The number of esters is 3. The van der Waals surface area contributed by atoms with Crippen molar-refractivity contribution in [3.8, 4) is 0 Å². The summed E-state index contributed by atoms with van der Waals surface area (Å²) < 4.78 is 16.7. The Labute approximate surface area is 375 Å². The van der Waals surface area contributed by atoms with Crippen LogP contribution < -0.4 is 0 Å². The van der Waals surface area contributed by atoms with Crippen molar-refractivity contribution in [2.45, 2.75) is 232 Å². The van der Waals surface area contributed by atoms with Gasteiger partial charge in [-0.25, -0.2) is 0 Å². The zero-order valence-corrected chi connectivity index (χ0v) is 39.7. The molecule has 0 spiro atoms. The van der Waals surface area contributed by atoms with E-state index in [1.165, 1.54) is 96.3 Å². The SMILES string of the molecule is CC/C=C\C/C=C\C/C=C\C/C=C\CCCCC(=O)OC[C@H](COC(=O)CCCCCCCCCCCCC)OC(=O)CCC/C=C\C/C=C\C/C=C\CCCCCCCC. The predicted molar refractivity (Wildman–Crippen MR) is 261 cm³/mol. The number of ether oxygens (including phenoxy) is 3. The molecule has 0 saturated carbocycles. The molecule has 0 heterocycles. The summed E-state index contributed by atoms with van der Waals surface area (Å²) in [7, 11) is 0. The average molecular weight is 849 g/mol. The third-order valence-electron chi connectivity index (χ3n) is 10.4. The van der Waals surface area contributed by atoms with Gasteiger partial charge < -0.3 is 14.2 Å². The van der Waals surface area contributed by atoms with Gasteiger partial charge in [-0.2, -0.15) is 0 Å². The van der Waals surface area contributed by atoms with Crippen molar-refractivity contribution in [2.75, 3.05) is 13.2 Å². The summed E-state index contributed by atoms with van der Waals surface area (Å²) in [6.45, 7) is 6.42. The van der Waals surface area contributed by atoms with Crippen molar-refractivity contribution in [3.63, 3.8) is 0 Å². The first-order valence-corrected chi connectivity index (χ1v) is 25.1. The van der Waals surface area contributed by atoms with E-state index in [2.05, 4.69) is 106 Å². The summed E-state index contributed by atoms with van der Waals surface area (Å²) in [5, 5.41) is 0. The van der Waals surface area contributed by atoms with Crippen molar-refractivity contribution < 1.29 is 28.6 Å². The number of carbonyl (C=O) groups excluding carboxylic acids is 3. The highest BCUT2D eigenvalue weighted by atomic mass is 16.6. The maximum Gasteiger partial charge on any atom is 0.306 e. The Bertz CT molecular complexity index is 1200. The standard InChI is InChI=1S/C55H92O6/c1-4-7-10-13-16-19-22-24-26-27-29-31-34-37-40-43-46-49-55(58)61-52(50-59-53(56)47-44-41-38-35-32-21-18-15-12-9-6-3)51-60-54(57)48-45-42-39-36-33-30-28-25-23-20-17-14-11-8-5-2/h8,11,17,20,24-26,28-29,31,33,36-37,40,52H,4-7,9-10,12-16,18-19,21-23,27,30,32,34-35,38-39,41-51H2,1-3H3/b11-8-,20-17-,26-24-,28-25-,31-29-,36-33-,40-37-/t52-/m0/s1. The topological polar surface area (TPSA) is 78.9 Å². The Kier molecular flexibility index (Phi) is 46.5. The fraction of sp³-hybridized carbons (Fsp3) is 0.691. The lowest BCUT2D eigenvalue weighted by molar-refractivity contribution is -0.167. The minimum Gasteiger partial charge on any atom is -0.462 e. The highest BCUT2D eigenvalue weighted by Crippen LogP contribution is 2.13. The molecule has 1 atom stereocenters. The van der Waals surface area contributed by atoms with Crippen LogP contribution >= 0.6 is 0 Å². The molecule has 0 fully saturated rings. The van der Waals surface area contributed by atoms with Gasteiger partial charge in [0.15, 0.2) is 6.10 Å². The van der Waals surface area contributed by atoms with Crippen LogP contribution in [-0.4, -0.2) is 37.2 Å². The molecule has 348 valence electrons. The Balaban J connectivity index is 4.53. The Morgan fingerprint density at radius 2 is 0.656 bits per heavy atom. The van der Waals surface area contributed by atoms with E-state index in [1.54, 1.807) is 0 Å². The molecule has 61 heavy (non-hydrogen) atoms. The minimum absolute atomic E-state index is 0.109. The van der Waals surface area contributed by atoms with E-state index >= 15 is 0 Å². The summed E-state index contributed by atoms with van der Waals surface area (Å²) in [6, 6.07) is 0. The molecule has 0 unspecified atom stereocenters. The first kappa shape index (κ1) is 57.6. The molecule has 0 aromatic heterocycles. The monoisotopic (exact) mass is 849 g/mol. The average Bonchev–Trinajstić information content (AvgIpc) is 3.26. The molecule has 6 nitrogen and oxygen atoms in total. The first-order valence-electron chi connectivity index (χ1n) is 25.1. The summed E-state index contributed by atoms with van der Waals surface area (Å²) in [4.78, 5) is 37.9. The molecule has 0 radical (unpaired) electrons. The fourth-order valence-electron chi connectivity index (χ4n) is 6.62. The van der Waals surface area contributed by atoms with Crippen LogP contribution in [0.2, 0.25) is 0 Å². The van der Waals surface area contributed by atoms with Crippen molar-refractivity contribution in [1.29, 1.82) is 0 Å². The number of hydrogen-bond donors (Lipinski definition) is 0. The van der Waals surface area contributed by atoms with E-state index in [0.717, 1.165) is 77.0 Å². The van der Waals surface area contributed by atoms with Crippen LogP contribution in [0.3, 0.4) is 0 Å². The zero-order valence-electron chi connectivity index (χ0n) is 39.7. The molecule has 0 rings (SSSR count). The number of unbranched alkanes of at least 4 members (excludes halogenated alkanes) is 19. The van der Waals surface area contributed by atoms with Crippen LogP contribution in [0, 0.1) is 0 Å². The largest absolute Gasteiger partial charge is 0.462 e. The highest BCUT2D eigenvalue weighted by molar-refractivity contribution is 5.71. The predicted octanol–water partition coefficient (Wildman–Crippen LogP) is 16.4. The number of allylic oxidation sites excluding steroid dienone is 14. The Morgan fingerprint density at radius 3 is 1.08 bits per heavy atom. The lowest BCUT2D eigenvalue weighted by Crippen LogP contribution is -2.30. The smallest absolute Gasteiger partial charge is 0.306 e. The van der Waals surface area contributed by atoms with Crippen LogP contribution in [0.15, 0.2) is 85.1 Å². The zero-order chi connectivity index (χ0) is 44.4. The number of hydrogen-bond acceptors (Lipinski definition) is 6. The van der Waals surface area contributed by atoms with Crippen molar-refractivity contribution in [3.05, 3.63) is 85.1 Å². The van der Waals surface area contributed by atoms with Gasteiger partial charge in [-0.1, -0.05) is 202 Å². The summed E-state index contributed by atoms with van der Waals surface area (Å²) in [6.07, 6.45) is 62.9. The van der Waals surface area contributed by atoms with Gasteiger partial charge in [-0.05, 0) is 89.9 Å². The van der Waals surface area contributed by atoms with Gasteiger partial charge in [-0.15, -0.1) is 0 Å². The van der Waals surface area contributed by atoms with Crippen LogP contribution in [0.4, 0.5) is 0 Å². The number of carbonyl (C=O) groups is 3. The molecule has 0 aromatic carbocycles. The molecule has 0 amide bonds. The van der Waals surface area contributed by atoms with Gasteiger partial charge in [0.05, 0.1) is 0 Å². The quantitative estimate of drug-likeness (QED) is 0.0263. The maximum atomic E-state index is 12.8. The first-order chi connectivity index (χ1) is 30.0. The Hall–Kier alpha value is -3.41. The molecular formula is C55H92O6. The van der Waals surface area contributed by atoms with E-state index in [1.807, 2.05) is 0 Å². The molecule has 0 saturated heterocycles. The van der Waals surface area contributed by atoms with Gasteiger partial charge in [0.2, 0.25) is 0 Å². The molecule has 0 N–H and O–H groups in total. The summed E-state index contributed by atoms with van der Waals surface area (Å²) in [5.41, 5.74) is 0. The molecule has 0 aromatic rings. The van der Waals surface area contributed by atoms with Crippen molar-refractivity contribution >= 4 is 17.9 Å². The second-order valence-electron chi connectivity index (χ2n) is 16.3. The lowest BCUT2D eigenvalue weighted by atomic mass is 10.1. The molecule has 0 bridgehead atoms. The van der Waals surface area contributed by atoms with Crippen LogP contribution in [0.1, 0.15) is 226 Å². The van der Waals surface area contributed by atoms with Crippen molar-refractivity contribution in [2.24, 2.45) is 0 Å². The normalized spacial score (nSPS) is 12.8. The van der Waals surface area contributed by atoms with Crippen molar-refractivity contribution in [1.82, 2.24) is 0 Å². The molecular weight excluding hydrogens is 757 g/mol. The fourth-order valence-corrected chi connectivity index (χ4v) is 6.62. The number of rotatable bonds is 44. The molecule has 6 heteroatoms. The van der Waals surface area contributed by atoms with E-state index in [0.29, 0.717) is 25.7 Å². The molecule has 0 aliphatic heterocycles. The van der Waals surface area contributed by atoms with Crippen LogP contribution in [0.25, 0.3) is 0 Å². The van der Waals surface area contributed by atoms with Gasteiger partial charge in [0.25, 0.3) is 0 Å². The summed E-state index contributed by atoms with van der Waals surface area (Å²) >= 11 is 0. The van der Waals surface area contributed by atoms with Gasteiger partial charge in [-0.3, -0.25) is 14.4 Å². The van der Waals surface area contributed by atoms with Gasteiger partial charge in [0.1, 0.15) is 13.2 Å². The maximum absolute atomic E-state index is 12.8. The van der Waals surface area contributed by atoms with E-state index in [9.17, 15) is 14.4 Å². The van der Waals surface area contributed by atoms with E-state index in [4.69, 9.17) is 14.2 Å². The second-order valence-corrected chi connectivity index (χ2v) is 16.3. The highest BCUT2D eigenvalue weighted by Gasteiger charge is 2.19. The minimum atomic E-state index is -0.817. The van der Waals surface area contributed by atoms with Crippen LogP contribution in [-0.2, 0) is 28.6 Å².